The van der Waals surface area contributed by atoms with Gasteiger partial charge in [-0.25, -0.2) is 0 Å². The summed E-state index contributed by atoms with van der Waals surface area (Å²) in [6.07, 6.45) is 1.42. The number of carbonyl (C=O) groups is 3. The number of amides is 3. The molecule has 2 heterocycles. The Hall–Kier alpha value is -3.41. The first kappa shape index (κ1) is 22.3. The fourth-order valence-electron chi connectivity index (χ4n) is 3.31. The van der Waals surface area contributed by atoms with Crippen LogP contribution in [0.3, 0.4) is 0 Å². The van der Waals surface area contributed by atoms with Gasteiger partial charge < -0.3 is 15.5 Å². The third-order valence-electron chi connectivity index (χ3n) is 5.17. The highest BCUT2D eigenvalue weighted by atomic mass is 32.1. The molecule has 0 radical (unpaired) electrons. The molecule has 0 bridgehead atoms. The fraction of sp³-hybridized carbons (Fsp3) is 0.421. The third kappa shape index (κ3) is 5.40. The van der Waals surface area contributed by atoms with Gasteiger partial charge in [-0.2, -0.15) is 0 Å². The highest BCUT2D eigenvalue weighted by Crippen LogP contribution is 2.22. The standard InChI is InChI=1S/C19H22N6O5S/c1-11-9-14(25(29)30)3-4-15(11)21-18(27)17(26)20-10-13-5-7-24(8-6-13)19(28)16-12(2)22-23-31-16/h3-4,9,13H,5-8,10H2,1-2H3,(H,20,26)(H,21,27). The van der Waals surface area contributed by atoms with Crippen molar-refractivity contribution in [2.24, 2.45) is 5.92 Å². The zero-order valence-corrected chi connectivity index (χ0v) is 17.9. The number of nitrogens with one attached hydrogen (secondary N) is 2. The lowest BCUT2D eigenvalue weighted by molar-refractivity contribution is -0.384. The summed E-state index contributed by atoms with van der Waals surface area (Å²) in [4.78, 5) is 49.3. The van der Waals surface area contributed by atoms with Crippen molar-refractivity contribution in [3.63, 3.8) is 0 Å². The molecule has 3 rings (SSSR count). The van der Waals surface area contributed by atoms with E-state index < -0.39 is 16.7 Å². The van der Waals surface area contributed by atoms with Crippen molar-refractivity contribution in [1.82, 2.24) is 19.8 Å². The number of piperidine rings is 1. The summed E-state index contributed by atoms with van der Waals surface area (Å²) < 4.78 is 3.79. The van der Waals surface area contributed by atoms with Gasteiger partial charge in [-0.15, -0.1) is 5.10 Å². The van der Waals surface area contributed by atoms with Gasteiger partial charge in [0.15, 0.2) is 0 Å². The molecule has 0 aliphatic carbocycles. The molecule has 2 aromatic rings. The van der Waals surface area contributed by atoms with E-state index in [9.17, 15) is 24.5 Å². The van der Waals surface area contributed by atoms with E-state index in [0.717, 1.165) is 11.5 Å². The van der Waals surface area contributed by atoms with Crippen LogP contribution in [0.2, 0.25) is 0 Å². The van der Waals surface area contributed by atoms with Gasteiger partial charge in [-0.05, 0) is 55.8 Å². The third-order valence-corrected chi connectivity index (χ3v) is 5.99. The minimum Gasteiger partial charge on any atom is -0.348 e. The van der Waals surface area contributed by atoms with Crippen LogP contribution in [-0.2, 0) is 9.59 Å². The smallest absolute Gasteiger partial charge is 0.313 e. The number of carbonyl (C=O) groups excluding carboxylic acids is 3. The van der Waals surface area contributed by atoms with E-state index in [2.05, 4.69) is 20.2 Å². The van der Waals surface area contributed by atoms with E-state index in [1.807, 2.05) is 0 Å². The Morgan fingerprint density at radius 2 is 1.94 bits per heavy atom. The van der Waals surface area contributed by atoms with Crippen molar-refractivity contribution in [2.45, 2.75) is 26.7 Å². The quantitative estimate of drug-likeness (QED) is 0.403. The van der Waals surface area contributed by atoms with Gasteiger partial charge in [0.2, 0.25) is 0 Å². The van der Waals surface area contributed by atoms with Gasteiger partial charge in [0.05, 0.1) is 10.6 Å². The van der Waals surface area contributed by atoms with Crippen LogP contribution < -0.4 is 10.6 Å². The minimum atomic E-state index is -0.835. The second-order valence-electron chi connectivity index (χ2n) is 7.34. The van der Waals surface area contributed by atoms with Crippen molar-refractivity contribution >= 4 is 40.6 Å². The molecule has 1 aliphatic heterocycles. The number of aromatic nitrogens is 2. The zero-order valence-electron chi connectivity index (χ0n) is 17.1. The molecule has 1 aliphatic rings. The molecule has 1 aromatic heterocycles. The summed E-state index contributed by atoms with van der Waals surface area (Å²) in [5.74, 6) is -1.53. The molecule has 0 spiro atoms. The molecule has 0 unspecified atom stereocenters. The number of rotatable bonds is 5. The molecule has 0 atom stereocenters. The van der Waals surface area contributed by atoms with Crippen molar-refractivity contribution in [3.05, 3.63) is 44.4 Å². The Balaban J connectivity index is 1.45. The number of likely N-dealkylation sites (tertiary alicyclic amines) is 1. The molecule has 11 nitrogen and oxygen atoms in total. The van der Waals surface area contributed by atoms with Crippen molar-refractivity contribution in [3.8, 4) is 0 Å². The number of nitro benzene ring substituents is 1. The number of anilines is 1. The van der Waals surface area contributed by atoms with Crippen LogP contribution in [0.25, 0.3) is 0 Å². The van der Waals surface area contributed by atoms with E-state index in [4.69, 9.17) is 0 Å². The molecule has 164 valence electrons. The number of hydrogen-bond acceptors (Lipinski definition) is 8. The predicted octanol–water partition coefficient (Wildman–Crippen LogP) is 1.67. The number of aryl methyl sites for hydroxylation is 2. The average molecular weight is 446 g/mol. The molecule has 0 saturated carbocycles. The minimum absolute atomic E-state index is 0.0761. The first-order chi connectivity index (χ1) is 14.8. The molecule has 12 heteroatoms. The van der Waals surface area contributed by atoms with Crippen LogP contribution >= 0.6 is 11.5 Å². The van der Waals surface area contributed by atoms with E-state index >= 15 is 0 Å². The maximum atomic E-state index is 12.5. The monoisotopic (exact) mass is 446 g/mol. The largest absolute Gasteiger partial charge is 0.348 e. The Labute approximate surface area is 182 Å². The van der Waals surface area contributed by atoms with Gasteiger partial charge in [-0.1, -0.05) is 4.49 Å². The molecule has 3 amide bonds. The normalized spacial score (nSPS) is 14.2. The second-order valence-corrected chi connectivity index (χ2v) is 8.10. The van der Waals surface area contributed by atoms with Gasteiger partial charge >= 0.3 is 11.8 Å². The van der Waals surface area contributed by atoms with E-state index in [1.54, 1.807) is 18.7 Å². The van der Waals surface area contributed by atoms with Gasteiger partial charge in [-0.3, -0.25) is 24.5 Å². The molecule has 2 N–H and O–H groups in total. The van der Waals surface area contributed by atoms with Crippen LogP contribution in [0.5, 0.6) is 0 Å². The lowest BCUT2D eigenvalue weighted by atomic mass is 9.96. The summed E-state index contributed by atoms with van der Waals surface area (Å²) in [6, 6.07) is 3.98. The number of benzene rings is 1. The number of nitro groups is 1. The lowest BCUT2D eigenvalue weighted by Gasteiger charge is -2.31. The van der Waals surface area contributed by atoms with E-state index in [-0.39, 0.29) is 17.5 Å². The Morgan fingerprint density at radius 3 is 2.52 bits per heavy atom. The summed E-state index contributed by atoms with van der Waals surface area (Å²) in [5.41, 5.74) is 1.36. The summed E-state index contributed by atoms with van der Waals surface area (Å²) in [6.45, 7) is 4.81. The van der Waals surface area contributed by atoms with Crippen LogP contribution in [0.4, 0.5) is 11.4 Å². The first-order valence-electron chi connectivity index (χ1n) is 9.68. The SMILES string of the molecule is Cc1cc([N+](=O)[O-])ccc1NC(=O)C(=O)NCC1CCN(C(=O)c2snnc2C)CC1. The maximum Gasteiger partial charge on any atom is 0.313 e. The summed E-state index contributed by atoms with van der Waals surface area (Å²) in [5, 5.41) is 19.7. The number of nitrogens with zero attached hydrogens (tertiary/aromatic N) is 4. The van der Waals surface area contributed by atoms with Gasteiger partial charge in [0.25, 0.3) is 11.6 Å². The Morgan fingerprint density at radius 1 is 1.23 bits per heavy atom. The predicted molar refractivity (Wildman–Crippen MR) is 113 cm³/mol. The first-order valence-corrected chi connectivity index (χ1v) is 10.5. The highest BCUT2D eigenvalue weighted by molar-refractivity contribution is 7.07. The Bertz CT molecular complexity index is 1010. The summed E-state index contributed by atoms with van der Waals surface area (Å²) in [7, 11) is 0. The number of hydrogen-bond donors (Lipinski definition) is 2. The Kier molecular flexibility index (Phi) is 6.90. The second kappa shape index (κ2) is 9.60. The van der Waals surface area contributed by atoms with Crippen molar-refractivity contribution in [2.75, 3.05) is 25.0 Å². The van der Waals surface area contributed by atoms with Crippen LogP contribution in [0.15, 0.2) is 18.2 Å². The van der Waals surface area contributed by atoms with Gasteiger partial charge in [0, 0.05) is 37.5 Å². The van der Waals surface area contributed by atoms with Crippen LogP contribution in [0, 0.1) is 29.9 Å². The van der Waals surface area contributed by atoms with E-state index in [1.165, 1.54) is 18.2 Å². The van der Waals surface area contributed by atoms with Crippen molar-refractivity contribution < 1.29 is 19.3 Å². The highest BCUT2D eigenvalue weighted by Gasteiger charge is 2.27. The average Bonchev–Trinajstić information content (AvgIpc) is 3.18. The molecular weight excluding hydrogens is 424 g/mol. The summed E-state index contributed by atoms with van der Waals surface area (Å²) >= 11 is 1.09. The fourth-order valence-corrected chi connectivity index (χ4v) is 3.93. The van der Waals surface area contributed by atoms with Crippen molar-refractivity contribution in [1.29, 1.82) is 0 Å². The zero-order chi connectivity index (χ0) is 22.5. The van der Waals surface area contributed by atoms with Crippen LogP contribution in [-0.4, -0.2) is 56.8 Å². The topological polar surface area (TPSA) is 147 Å². The maximum absolute atomic E-state index is 12.5. The molecule has 1 fully saturated rings. The molecule has 31 heavy (non-hydrogen) atoms. The van der Waals surface area contributed by atoms with Gasteiger partial charge in [0.1, 0.15) is 4.88 Å². The van der Waals surface area contributed by atoms with Crippen LogP contribution in [0.1, 0.15) is 33.8 Å². The molecule has 1 aromatic carbocycles. The van der Waals surface area contributed by atoms with E-state index in [0.29, 0.717) is 54.3 Å². The molecule has 1 saturated heterocycles. The number of non-ortho nitro benzene ring substituents is 1. The molecular formula is C19H22N6O5S. The lowest BCUT2D eigenvalue weighted by Crippen LogP contribution is -2.43.